The van der Waals surface area contributed by atoms with Crippen molar-refractivity contribution < 1.29 is 4.79 Å². The highest BCUT2D eigenvalue weighted by atomic mass is 16.2. The van der Waals surface area contributed by atoms with Gasteiger partial charge in [0, 0.05) is 24.8 Å². The predicted molar refractivity (Wildman–Crippen MR) is 110 cm³/mol. The summed E-state index contributed by atoms with van der Waals surface area (Å²) in [6.07, 6.45) is 6.76. The average molecular weight is 377 g/mol. The molecule has 6 nitrogen and oxygen atoms in total. The lowest BCUT2D eigenvalue weighted by atomic mass is 9.93. The molecule has 1 amide bonds. The average Bonchev–Trinajstić information content (AvgIpc) is 3.17. The van der Waals surface area contributed by atoms with Crippen LogP contribution >= 0.6 is 0 Å². The van der Waals surface area contributed by atoms with E-state index in [0.29, 0.717) is 17.1 Å². The van der Waals surface area contributed by atoms with Crippen LogP contribution in [0.5, 0.6) is 0 Å². The first-order chi connectivity index (χ1) is 13.6. The maximum absolute atomic E-state index is 13.1. The van der Waals surface area contributed by atoms with Gasteiger partial charge in [-0.1, -0.05) is 30.3 Å². The highest BCUT2D eigenvalue weighted by Crippen LogP contribution is 2.24. The van der Waals surface area contributed by atoms with Crippen molar-refractivity contribution in [3.05, 3.63) is 54.4 Å². The highest BCUT2D eigenvalue weighted by molar-refractivity contribution is 6.00. The third-order valence-electron chi connectivity index (χ3n) is 5.59. The number of aromatic nitrogens is 3. The first-order valence-electron chi connectivity index (χ1n) is 9.95. The summed E-state index contributed by atoms with van der Waals surface area (Å²) >= 11 is 0. The molecule has 3 heterocycles. The molecule has 1 aliphatic heterocycles. The predicted octanol–water partition coefficient (Wildman–Crippen LogP) is 3.20. The topological polar surface area (TPSA) is 53.7 Å². The summed E-state index contributed by atoms with van der Waals surface area (Å²) < 4.78 is 1.77. The number of likely N-dealkylation sites (tertiary alicyclic amines) is 1. The van der Waals surface area contributed by atoms with Crippen molar-refractivity contribution >= 4 is 11.6 Å². The number of rotatable bonds is 5. The van der Waals surface area contributed by atoms with Crippen molar-refractivity contribution in [3.8, 4) is 11.3 Å². The van der Waals surface area contributed by atoms with E-state index >= 15 is 0 Å². The largest absolute Gasteiger partial charge is 0.338 e. The van der Waals surface area contributed by atoms with Gasteiger partial charge >= 0.3 is 0 Å². The second-order valence-electron chi connectivity index (χ2n) is 7.82. The quantitative estimate of drug-likeness (QED) is 0.685. The lowest BCUT2D eigenvalue weighted by molar-refractivity contribution is 0.0685. The number of amides is 1. The van der Waals surface area contributed by atoms with Gasteiger partial charge in [0.1, 0.15) is 5.56 Å². The summed E-state index contributed by atoms with van der Waals surface area (Å²) in [5.74, 6) is 0.747. The molecule has 1 fully saturated rings. The second kappa shape index (κ2) is 8.10. The van der Waals surface area contributed by atoms with E-state index in [9.17, 15) is 4.79 Å². The number of hydrogen-bond donors (Lipinski definition) is 0. The SMILES string of the molecule is CN(C)CCC1CCN(C(=O)c2cnn3c(-c4ccccc4)ccnc23)CC1. The molecule has 1 aromatic carbocycles. The van der Waals surface area contributed by atoms with Crippen LogP contribution in [0.15, 0.2) is 48.8 Å². The molecule has 3 aromatic rings. The Hall–Kier alpha value is -2.73. The Balaban J connectivity index is 1.52. The molecule has 0 unspecified atom stereocenters. The molecule has 0 N–H and O–H groups in total. The van der Waals surface area contributed by atoms with Crippen LogP contribution in [0.3, 0.4) is 0 Å². The third-order valence-corrected chi connectivity index (χ3v) is 5.59. The number of benzene rings is 1. The molecule has 0 bridgehead atoms. The van der Waals surface area contributed by atoms with Crippen LogP contribution in [0.1, 0.15) is 29.6 Å². The maximum atomic E-state index is 13.1. The van der Waals surface area contributed by atoms with E-state index in [4.69, 9.17) is 0 Å². The van der Waals surface area contributed by atoms with Crippen LogP contribution in [-0.2, 0) is 0 Å². The molecule has 4 rings (SSSR count). The van der Waals surface area contributed by atoms with Crippen molar-refractivity contribution in [2.45, 2.75) is 19.3 Å². The van der Waals surface area contributed by atoms with Gasteiger partial charge in [-0.05, 0) is 51.9 Å². The van der Waals surface area contributed by atoms with Crippen LogP contribution in [0.4, 0.5) is 0 Å². The van der Waals surface area contributed by atoms with Crippen LogP contribution in [-0.4, -0.2) is 64.0 Å². The minimum Gasteiger partial charge on any atom is -0.338 e. The molecule has 6 heteroatoms. The van der Waals surface area contributed by atoms with Crippen LogP contribution < -0.4 is 0 Å². The van der Waals surface area contributed by atoms with E-state index in [-0.39, 0.29) is 5.91 Å². The third kappa shape index (κ3) is 3.78. The zero-order valence-electron chi connectivity index (χ0n) is 16.6. The molecule has 0 radical (unpaired) electrons. The number of carbonyl (C=O) groups excluding carboxylic acids is 1. The summed E-state index contributed by atoms with van der Waals surface area (Å²) in [5.41, 5.74) is 3.20. The maximum Gasteiger partial charge on any atom is 0.259 e. The van der Waals surface area contributed by atoms with Gasteiger partial charge in [-0.15, -0.1) is 0 Å². The van der Waals surface area contributed by atoms with Crippen LogP contribution in [0, 0.1) is 5.92 Å². The van der Waals surface area contributed by atoms with Crippen LogP contribution in [0.2, 0.25) is 0 Å². The normalized spacial score (nSPS) is 15.5. The van der Waals surface area contributed by atoms with Gasteiger partial charge in [-0.25, -0.2) is 9.50 Å². The fourth-order valence-corrected chi connectivity index (χ4v) is 3.91. The minimum absolute atomic E-state index is 0.0405. The Morgan fingerprint density at radius 2 is 1.89 bits per heavy atom. The Morgan fingerprint density at radius 3 is 2.61 bits per heavy atom. The summed E-state index contributed by atoms with van der Waals surface area (Å²) in [7, 11) is 4.22. The molecule has 0 aliphatic carbocycles. The molecule has 146 valence electrons. The number of hydrogen-bond acceptors (Lipinski definition) is 4. The number of piperidine rings is 1. The second-order valence-corrected chi connectivity index (χ2v) is 7.82. The van der Waals surface area contributed by atoms with Crippen molar-refractivity contribution in [3.63, 3.8) is 0 Å². The van der Waals surface area contributed by atoms with Crippen LogP contribution in [0.25, 0.3) is 16.9 Å². The first kappa shape index (κ1) is 18.6. The smallest absolute Gasteiger partial charge is 0.259 e. The number of carbonyl (C=O) groups is 1. The zero-order chi connectivity index (χ0) is 19.5. The van der Waals surface area contributed by atoms with Crippen molar-refractivity contribution in [2.75, 3.05) is 33.7 Å². The molecule has 1 aliphatic rings. The Kier molecular flexibility index (Phi) is 5.39. The molecule has 0 atom stereocenters. The fraction of sp³-hybridized carbons (Fsp3) is 0.409. The Morgan fingerprint density at radius 1 is 1.14 bits per heavy atom. The molecular formula is C22H27N5O. The van der Waals surface area contributed by atoms with E-state index in [1.165, 1.54) is 6.42 Å². The monoisotopic (exact) mass is 377 g/mol. The van der Waals surface area contributed by atoms with Gasteiger partial charge < -0.3 is 9.80 Å². The van der Waals surface area contributed by atoms with Gasteiger partial charge in [-0.2, -0.15) is 5.10 Å². The molecule has 1 saturated heterocycles. The van der Waals surface area contributed by atoms with E-state index in [1.54, 1.807) is 16.9 Å². The summed E-state index contributed by atoms with van der Waals surface area (Å²) in [5, 5.41) is 4.48. The molecule has 2 aromatic heterocycles. The van der Waals surface area contributed by atoms with Crippen molar-refractivity contribution in [1.29, 1.82) is 0 Å². The van der Waals surface area contributed by atoms with E-state index in [1.807, 2.05) is 41.3 Å². The van der Waals surface area contributed by atoms with Gasteiger partial charge in [0.2, 0.25) is 0 Å². The Labute approximate surface area is 165 Å². The molecule has 0 spiro atoms. The standard InChI is InChI=1S/C22H27N5O/c1-25(2)13-9-17-10-14-26(15-11-17)22(28)19-16-24-27-20(8-12-23-21(19)27)18-6-4-3-5-7-18/h3-8,12,16-17H,9-11,13-15H2,1-2H3. The van der Waals surface area contributed by atoms with E-state index in [0.717, 1.165) is 43.7 Å². The summed E-state index contributed by atoms with van der Waals surface area (Å²) in [4.78, 5) is 21.8. The van der Waals surface area contributed by atoms with Gasteiger partial charge in [0.25, 0.3) is 5.91 Å². The molecular weight excluding hydrogens is 350 g/mol. The number of fused-ring (bicyclic) bond motifs is 1. The van der Waals surface area contributed by atoms with Crippen molar-refractivity contribution in [2.24, 2.45) is 5.92 Å². The molecule has 28 heavy (non-hydrogen) atoms. The number of nitrogens with zero attached hydrogens (tertiary/aromatic N) is 5. The van der Waals surface area contributed by atoms with Gasteiger partial charge in [0.15, 0.2) is 5.65 Å². The lowest BCUT2D eigenvalue weighted by Crippen LogP contribution is -2.39. The Bertz CT molecular complexity index is 942. The van der Waals surface area contributed by atoms with Gasteiger partial charge in [0.05, 0.1) is 11.9 Å². The van der Waals surface area contributed by atoms with Gasteiger partial charge in [-0.3, -0.25) is 4.79 Å². The molecule has 0 saturated carbocycles. The van der Waals surface area contributed by atoms with Crippen molar-refractivity contribution in [1.82, 2.24) is 24.4 Å². The lowest BCUT2D eigenvalue weighted by Gasteiger charge is -2.32. The first-order valence-corrected chi connectivity index (χ1v) is 9.95. The minimum atomic E-state index is 0.0405. The zero-order valence-corrected chi connectivity index (χ0v) is 16.6. The summed E-state index contributed by atoms with van der Waals surface area (Å²) in [6, 6.07) is 12.0. The fourth-order valence-electron chi connectivity index (χ4n) is 3.91. The summed E-state index contributed by atoms with van der Waals surface area (Å²) in [6.45, 7) is 2.73. The van der Waals surface area contributed by atoms with E-state index in [2.05, 4.69) is 29.1 Å². The van der Waals surface area contributed by atoms with E-state index < -0.39 is 0 Å². The highest BCUT2D eigenvalue weighted by Gasteiger charge is 2.26.